The van der Waals surface area contributed by atoms with Crippen LogP contribution in [0.3, 0.4) is 0 Å². The van der Waals surface area contributed by atoms with Crippen LogP contribution < -0.4 is 11.1 Å². The number of hydrogen-bond acceptors (Lipinski definition) is 3. The highest BCUT2D eigenvalue weighted by molar-refractivity contribution is 6.32. The van der Waals surface area contributed by atoms with Gasteiger partial charge in [0.15, 0.2) is 0 Å². The van der Waals surface area contributed by atoms with Gasteiger partial charge in [-0.3, -0.25) is 4.79 Å². The van der Waals surface area contributed by atoms with E-state index in [4.69, 9.17) is 17.3 Å². The zero-order valence-electron chi connectivity index (χ0n) is 12.3. The molecule has 2 aromatic rings. The van der Waals surface area contributed by atoms with Gasteiger partial charge in [-0.1, -0.05) is 11.6 Å². The Kier molecular flexibility index (Phi) is 4.67. The normalized spacial score (nSPS) is 13.0. The number of benzene rings is 1. The average molecular weight is 347 g/mol. The van der Waals surface area contributed by atoms with Crippen molar-refractivity contribution >= 4 is 23.3 Å². The zero-order valence-corrected chi connectivity index (χ0v) is 13.0. The van der Waals surface area contributed by atoms with E-state index in [0.29, 0.717) is 5.69 Å². The summed E-state index contributed by atoms with van der Waals surface area (Å²) in [5, 5.41) is 6.66. The summed E-state index contributed by atoms with van der Waals surface area (Å²) in [5.74, 6) is -0.305. The highest BCUT2D eigenvalue weighted by Crippen LogP contribution is 2.34. The van der Waals surface area contributed by atoms with Crippen LogP contribution >= 0.6 is 11.6 Å². The molecule has 9 heteroatoms. The van der Waals surface area contributed by atoms with Gasteiger partial charge in [-0.2, -0.15) is 18.3 Å². The number of nitrogens with two attached hydrogens (primary N) is 1. The Bertz CT molecular complexity index is 740. The molecule has 1 amide bonds. The van der Waals surface area contributed by atoms with Crippen LogP contribution in [0.4, 0.5) is 19.0 Å². The molecule has 0 aliphatic heterocycles. The Hall–Kier alpha value is -2.06. The third-order valence-electron chi connectivity index (χ3n) is 3.00. The standard InChI is InChI=1S/C14H14ClF3N4O/c1-7-5-12(20-13(23)8(2)19)22(21-7)11-6-9(14(16,17)18)3-4-10(11)15/h3-6,8H,19H2,1-2H3,(H,20,23)/t8-/m0/s1. The van der Waals surface area contributed by atoms with Crippen molar-refractivity contribution in [2.75, 3.05) is 5.32 Å². The Morgan fingerprint density at radius 2 is 2.04 bits per heavy atom. The van der Waals surface area contributed by atoms with Gasteiger partial charge in [-0.15, -0.1) is 0 Å². The van der Waals surface area contributed by atoms with Crippen LogP contribution in [0.15, 0.2) is 24.3 Å². The van der Waals surface area contributed by atoms with E-state index in [0.717, 1.165) is 22.9 Å². The van der Waals surface area contributed by atoms with Crippen molar-refractivity contribution in [3.05, 3.63) is 40.5 Å². The van der Waals surface area contributed by atoms with E-state index >= 15 is 0 Å². The summed E-state index contributed by atoms with van der Waals surface area (Å²) in [6.07, 6.45) is -4.52. The van der Waals surface area contributed by atoms with Crippen LogP contribution in [0.2, 0.25) is 5.02 Å². The van der Waals surface area contributed by atoms with E-state index in [-0.39, 0.29) is 16.5 Å². The molecule has 0 aliphatic carbocycles. The lowest BCUT2D eigenvalue weighted by molar-refractivity contribution is -0.137. The first kappa shape index (κ1) is 17.3. The number of alkyl halides is 3. The molecule has 2 rings (SSSR count). The van der Waals surface area contributed by atoms with Crippen LogP contribution in [-0.2, 0) is 11.0 Å². The topological polar surface area (TPSA) is 72.9 Å². The number of carbonyl (C=O) groups excluding carboxylic acids is 1. The molecular weight excluding hydrogens is 333 g/mol. The van der Waals surface area contributed by atoms with Gasteiger partial charge in [0, 0.05) is 6.07 Å². The predicted octanol–water partition coefficient (Wildman–Crippen LogP) is 3.14. The molecule has 0 saturated heterocycles. The van der Waals surface area contributed by atoms with Gasteiger partial charge in [0.05, 0.1) is 28.0 Å². The average Bonchev–Trinajstić information content (AvgIpc) is 2.78. The number of hydrogen-bond donors (Lipinski definition) is 2. The second kappa shape index (κ2) is 6.21. The van der Waals surface area contributed by atoms with Crippen molar-refractivity contribution in [2.45, 2.75) is 26.1 Å². The van der Waals surface area contributed by atoms with Crippen LogP contribution in [-0.4, -0.2) is 21.7 Å². The first-order valence-electron chi connectivity index (χ1n) is 6.60. The Morgan fingerprint density at radius 1 is 1.39 bits per heavy atom. The van der Waals surface area contributed by atoms with Gasteiger partial charge in [-0.05, 0) is 32.0 Å². The first-order valence-corrected chi connectivity index (χ1v) is 6.97. The highest BCUT2D eigenvalue weighted by atomic mass is 35.5. The smallest absolute Gasteiger partial charge is 0.320 e. The maximum atomic E-state index is 12.9. The number of halogens is 4. The second-order valence-electron chi connectivity index (χ2n) is 5.02. The van der Waals surface area contributed by atoms with Crippen molar-refractivity contribution in [3.63, 3.8) is 0 Å². The van der Waals surface area contributed by atoms with Crippen molar-refractivity contribution in [1.82, 2.24) is 9.78 Å². The second-order valence-corrected chi connectivity index (χ2v) is 5.43. The summed E-state index contributed by atoms with van der Waals surface area (Å²) < 4.78 is 39.8. The van der Waals surface area contributed by atoms with E-state index in [1.54, 1.807) is 6.92 Å². The van der Waals surface area contributed by atoms with Crippen molar-refractivity contribution < 1.29 is 18.0 Å². The summed E-state index contributed by atoms with van der Waals surface area (Å²) >= 11 is 6.00. The molecule has 0 radical (unpaired) electrons. The molecule has 1 aromatic carbocycles. The van der Waals surface area contributed by atoms with E-state index in [1.807, 2.05) is 0 Å². The van der Waals surface area contributed by atoms with Crippen LogP contribution in [0.1, 0.15) is 18.2 Å². The molecule has 23 heavy (non-hydrogen) atoms. The Labute approximate surface area is 135 Å². The fourth-order valence-electron chi connectivity index (χ4n) is 1.86. The largest absolute Gasteiger partial charge is 0.416 e. The number of nitrogens with zero attached hydrogens (tertiary/aromatic N) is 2. The molecule has 0 unspecified atom stereocenters. The molecule has 124 valence electrons. The maximum Gasteiger partial charge on any atom is 0.416 e. The summed E-state index contributed by atoms with van der Waals surface area (Å²) in [4.78, 5) is 11.7. The lowest BCUT2D eigenvalue weighted by Gasteiger charge is -2.14. The maximum absolute atomic E-state index is 12.9. The number of amides is 1. The molecule has 0 bridgehead atoms. The minimum Gasteiger partial charge on any atom is -0.320 e. The monoisotopic (exact) mass is 346 g/mol. The molecule has 0 saturated carbocycles. The molecule has 1 aromatic heterocycles. The van der Waals surface area contributed by atoms with E-state index in [2.05, 4.69) is 10.4 Å². The molecule has 1 heterocycles. The Balaban J connectivity index is 2.52. The van der Waals surface area contributed by atoms with E-state index in [9.17, 15) is 18.0 Å². The fraction of sp³-hybridized carbons (Fsp3) is 0.286. The fourth-order valence-corrected chi connectivity index (χ4v) is 2.06. The van der Waals surface area contributed by atoms with Gasteiger partial charge in [0.1, 0.15) is 5.82 Å². The van der Waals surface area contributed by atoms with Gasteiger partial charge in [0.2, 0.25) is 5.91 Å². The van der Waals surface area contributed by atoms with Crippen LogP contribution in [0, 0.1) is 6.92 Å². The quantitative estimate of drug-likeness (QED) is 0.896. The van der Waals surface area contributed by atoms with Gasteiger partial charge >= 0.3 is 6.18 Å². The van der Waals surface area contributed by atoms with Crippen molar-refractivity contribution in [1.29, 1.82) is 0 Å². The zero-order chi connectivity index (χ0) is 17.4. The number of aryl methyl sites for hydroxylation is 1. The number of carbonyl (C=O) groups is 1. The summed E-state index contributed by atoms with van der Waals surface area (Å²) in [7, 11) is 0. The molecule has 3 N–H and O–H groups in total. The minimum atomic E-state index is -4.52. The summed E-state index contributed by atoms with van der Waals surface area (Å²) in [6.45, 7) is 3.12. The summed E-state index contributed by atoms with van der Waals surface area (Å²) in [5.41, 5.74) is 5.12. The van der Waals surface area contributed by atoms with Crippen molar-refractivity contribution in [3.8, 4) is 5.69 Å². The van der Waals surface area contributed by atoms with Gasteiger partial charge < -0.3 is 11.1 Å². The molecule has 1 atom stereocenters. The van der Waals surface area contributed by atoms with Crippen LogP contribution in [0.5, 0.6) is 0 Å². The number of anilines is 1. The lowest BCUT2D eigenvalue weighted by Crippen LogP contribution is -2.33. The first-order chi connectivity index (χ1) is 10.6. The minimum absolute atomic E-state index is 0.00886. The molecule has 0 aliphatic rings. The SMILES string of the molecule is Cc1cc(NC(=O)[C@H](C)N)n(-c2cc(C(F)(F)F)ccc2Cl)n1. The van der Waals surface area contributed by atoms with E-state index < -0.39 is 23.7 Å². The van der Waals surface area contributed by atoms with Gasteiger partial charge in [0.25, 0.3) is 0 Å². The number of aromatic nitrogens is 2. The summed E-state index contributed by atoms with van der Waals surface area (Å²) in [6, 6.07) is 3.61. The van der Waals surface area contributed by atoms with Gasteiger partial charge in [-0.25, -0.2) is 4.68 Å². The van der Waals surface area contributed by atoms with Crippen LogP contribution in [0.25, 0.3) is 5.69 Å². The molecule has 5 nitrogen and oxygen atoms in total. The highest BCUT2D eigenvalue weighted by Gasteiger charge is 2.31. The molecular formula is C14H14ClF3N4O. The molecule has 0 fully saturated rings. The molecule has 0 spiro atoms. The Morgan fingerprint density at radius 3 is 2.61 bits per heavy atom. The third kappa shape index (κ3) is 3.83. The predicted molar refractivity (Wildman–Crippen MR) is 80.6 cm³/mol. The number of rotatable bonds is 3. The number of nitrogens with one attached hydrogen (secondary N) is 1. The van der Waals surface area contributed by atoms with Crippen molar-refractivity contribution in [2.24, 2.45) is 5.73 Å². The lowest BCUT2D eigenvalue weighted by atomic mass is 10.2. The van der Waals surface area contributed by atoms with E-state index in [1.165, 1.54) is 13.0 Å². The third-order valence-corrected chi connectivity index (χ3v) is 3.32.